The lowest BCUT2D eigenvalue weighted by Gasteiger charge is -2.17. The molecule has 0 amide bonds. The van der Waals surface area contributed by atoms with Gasteiger partial charge in [-0.15, -0.1) is 0 Å². The number of methoxy groups -OCH3 is 1. The lowest BCUT2D eigenvalue weighted by Crippen LogP contribution is -2.27. The molecular weight excluding hydrogens is 278 g/mol. The third-order valence-corrected chi connectivity index (χ3v) is 4.79. The van der Waals surface area contributed by atoms with Gasteiger partial charge in [-0.05, 0) is 78.2 Å². The van der Waals surface area contributed by atoms with Crippen LogP contribution in [0.25, 0.3) is 0 Å². The average Bonchev–Trinajstić information content (AvgIpc) is 3.21. The number of thiophene rings is 1. The van der Waals surface area contributed by atoms with Crippen LogP contribution >= 0.6 is 11.3 Å². The lowest BCUT2D eigenvalue weighted by molar-refractivity contribution is 0.414. The number of ether oxygens (including phenoxy) is 1. The summed E-state index contributed by atoms with van der Waals surface area (Å²) in [6, 6.07) is 11.5. The Labute approximate surface area is 131 Å². The summed E-state index contributed by atoms with van der Waals surface area (Å²) in [6.07, 6.45) is 5.00. The molecule has 2 nitrogen and oxygen atoms in total. The highest BCUT2D eigenvalue weighted by atomic mass is 32.1. The van der Waals surface area contributed by atoms with E-state index in [1.807, 2.05) is 0 Å². The second kappa shape index (κ2) is 7.10. The molecule has 1 aromatic carbocycles. The lowest BCUT2D eigenvalue weighted by atomic mass is 9.93. The first kappa shape index (κ1) is 14.6. The van der Waals surface area contributed by atoms with Crippen molar-refractivity contribution in [2.24, 2.45) is 5.92 Å². The molecule has 0 saturated heterocycles. The van der Waals surface area contributed by atoms with E-state index in [0.717, 1.165) is 31.2 Å². The first-order valence-electron chi connectivity index (χ1n) is 7.71. The van der Waals surface area contributed by atoms with E-state index in [1.54, 1.807) is 18.4 Å². The summed E-state index contributed by atoms with van der Waals surface area (Å²) in [5.41, 5.74) is 2.87. The molecule has 2 aromatic rings. The van der Waals surface area contributed by atoms with E-state index in [0.29, 0.717) is 5.92 Å². The fraction of sp³-hybridized carbons (Fsp3) is 0.444. The predicted octanol–water partition coefficient (Wildman–Crippen LogP) is 3.91. The highest BCUT2D eigenvalue weighted by Gasteiger charge is 2.22. The van der Waals surface area contributed by atoms with Crippen LogP contribution in [0.1, 0.15) is 24.0 Å². The first-order valence-corrected chi connectivity index (χ1v) is 8.65. The van der Waals surface area contributed by atoms with E-state index in [2.05, 4.69) is 46.4 Å². The Bertz CT molecular complexity index is 531. The summed E-state index contributed by atoms with van der Waals surface area (Å²) in [6.45, 7) is 1.12. The van der Waals surface area contributed by atoms with E-state index in [9.17, 15) is 0 Å². The molecular formula is C18H23NOS. The van der Waals surface area contributed by atoms with Gasteiger partial charge in [0.15, 0.2) is 0 Å². The number of hydrogen-bond acceptors (Lipinski definition) is 3. The van der Waals surface area contributed by atoms with Gasteiger partial charge in [-0.25, -0.2) is 0 Å². The van der Waals surface area contributed by atoms with Gasteiger partial charge in [0, 0.05) is 6.04 Å². The molecule has 1 aliphatic rings. The fourth-order valence-electron chi connectivity index (χ4n) is 2.67. The van der Waals surface area contributed by atoms with Gasteiger partial charge in [0.2, 0.25) is 0 Å². The molecule has 1 N–H and O–H groups in total. The molecule has 1 atom stereocenters. The van der Waals surface area contributed by atoms with Crippen molar-refractivity contribution in [2.45, 2.75) is 31.7 Å². The minimum atomic E-state index is 0.661. The van der Waals surface area contributed by atoms with Gasteiger partial charge < -0.3 is 10.1 Å². The third kappa shape index (κ3) is 4.58. The molecule has 3 heteroatoms. The van der Waals surface area contributed by atoms with Crippen molar-refractivity contribution in [2.75, 3.05) is 13.7 Å². The Kier molecular flexibility index (Phi) is 4.94. The molecule has 1 aromatic heterocycles. The molecule has 21 heavy (non-hydrogen) atoms. The molecule has 0 spiro atoms. The minimum Gasteiger partial charge on any atom is -0.497 e. The molecule has 1 heterocycles. The zero-order valence-electron chi connectivity index (χ0n) is 12.5. The van der Waals surface area contributed by atoms with Gasteiger partial charge in [0.05, 0.1) is 7.11 Å². The first-order chi connectivity index (χ1) is 10.3. The van der Waals surface area contributed by atoms with Crippen molar-refractivity contribution in [3.63, 3.8) is 0 Å². The fourth-order valence-corrected chi connectivity index (χ4v) is 3.36. The maximum absolute atomic E-state index is 5.24. The largest absolute Gasteiger partial charge is 0.497 e. The van der Waals surface area contributed by atoms with Crippen molar-refractivity contribution < 1.29 is 4.74 Å². The van der Waals surface area contributed by atoms with E-state index < -0.39 is 0 Å². The van der Waals surface area contributed by atoms with Crippen LogP contribution in [0.15, 0.2) is 41.1 Å². The van der Waals surface area contributed by atoms with Crippen LogP contribution in [0.2, 0.25) is 0 Å². The summed E-state index contributed by atoms with van der Waals surface area (Å²) in [7, 11) is 1.72. The zero-order chi connectivity index (χ0) is 14.5. The van der Waals surface area contributed by atoms with Crippen LogP contribution in [-0.2, 0) is 12.8 Å². The molecule has 0 aliphatic heterocycles. The third-order valence-electron chi connectivity index (χ3n) is 4.06. The van der Waals surface area contributed by atoms with Crippen molar-refractivity contribution >= 4 is 11.3 Å². The highest BCUT2D eigenvalue weighted by Crippen LogP contribution is 2.22. The van der Waals surface area contributed by atoms with E-state index in [4.69, 9.17) is 4.74 Å². The SMILES string of the molecule is COc1ccc(CC(CNC2CC2)Cc2ccsc2)cc1. The normalized spacial score (nSPS) is 15.9. The van der Waals surface area contributed by atoms with Gasteiger partial charge in [0.1, 0.15) is 5.75 Å². The summed E-state index contributed by atoms with van der Waals surface area (Å²) < 4.78 is 5.24. The molecule has 1 fully saturated rings. The molecule has 1 unspecified atom stereocenters. The summed E-state index contributed by atoms with van der Waals surface area (Å²) in [4.78, 5) is 0. The van der Waals surface area contributed by atoms with Gasteiger partial charge >= 0.3 is 0 Å². The van der Waals surface area contributed by atoms with Crippen LogP contribution in [0.5, 0.6) is 5.75 Å². The van der Waals surface area contributed by atoms with Crippen LogP contribution in [-0.4, -0.2) is 19.7 Å². The average molecular weight is 301 g/mol. The molecule has 1 aliphatic carbocycles. The summed E-state index contributed by atoms with van der Waals surface area (Å²) >= 11 is 1.79. The minimum absolute atomic E-state index is 0.661. The second-order valence-electron chi connectivity index (χ2n) is 5.94. The molecule has 0 bridgehead atoms. The monoisotopic (exact) mass is 301 g/mol. The Morgan fingerprint density at radius 2 is 1.90 bits per heavy atom. The smallest absolute Gasteiger partial charge is 0.118 e. The van der Waals surface area contributed by atoms with Gasteiger partial charge in [-0.1, -0.05) is 12.1 Å². The Balaban J connectivity index is 1.61. The Morgan fingerprint density at radius 1 is 1.14 bits per heavy atom. The summed E-state index contributed by atoms with van der Waals surface area (Å²) in [5, 5.41) is 8.14. The van der Waals surface area contributed by atoms with Crippen LogP contribution in [0.3, 0.4) is 0 Å². The van der Waals surface area contributed by atoms with Gasteiger partial charge in [-0.3, -0.25) is 0 Å². The Morgan fingerprint density at radius 3 is 2.52 bits per heavy atom. The van der Waals surface area contributed by atoms with E-state index in [-0.39, 0.29) is 0 Å². The quantitative estimate of drug-likeness (QED) is 0.798. The van der Waals surface area contributed by atoms with Gasteiger partial charge in [0.25, 0.3) is 0 Å². The van der Waals surface area contributed by atoms with E-state index >= 15 is 0 Å². The zero-order valence-corrected chi connectivity index (χ0v) is 13.4. The van der Waals surface area contributed by atoms with Gasteiger partial charge in [-0.2, -0.15) is 11.3 Å². The maximum Gasteiger partial charge on any atom is 0.118 e. The molecule has 3 rings (SSSR count). The molecule has 1 saturated carbocycles. The summed E-state index contributed by atoms with van der Waals surface area (Å²) in [5.74, 6) is 1.60. The van der Waals surface area contributed by atoms with Crippen molar-refractivity contribution in [1.82, 2.24) is 5.32 Å². The van der Waals surface area contributed by atoms with Crippen molar-refractivity contribution in [3.05, 3.63) is 52.2 Å². The maximum atomic E-state index is 5.24. The number of rotatable bonds is 8. The number of nitrogens with one attached hydrogen (secondary N) is 1. The van der Waals surface area contributed by atoms with Crippen LogP contribution in [0, 0.1) is 5.92 Å². The van der Waals surface area contributed by atoms with E-state index in [1.165, 1.54) is 24.0 Å². The standard InChI is InChI=1S/C18H23NOS/c1-20-18-6-2-14(3-7-18)10-16(12-19-17-4-5-17)11-15-8-9-21-13-15/h2-3,6-9,13,16-17,19H,4-5,10-12H2,1H3. The van der Waals surface area contributed by atoms with Crippen LogP contribution in [0.4, 0.5) is 0 Å². The molecule has 0 radical (unpaired) electrons. The predicted molar refractivity (Wildman–Crippen MR) is 89.2 cm³/mol. The number of benzene rings is 1. The Hall–Kier alpha value is -1.32. The molecule has 112 valence electrons. The van der Waals surface area contributed by atoms with Crippen molar-refractivity contribution in [1.29, 1.82) is 0 Å². The van der Waals surface area contributed by atoms with Crippen LogP contribution < -0.4 is 10.1 Å². The van der Waals surface area contributed by atoms with Crippen molar-refractivity contribution in [3.8, 4) is 5.75 Å². The number of hydrogen-bond donors (Lipinski definition) is 1. The second-order valence-corrected chi connectivity index (χ2v) is 6.72. The highest BCUT2D eigenvalue weighted by molar-refractivity contribution is 7.07. The topological polar surface area (TPSA) is 21.3 Å².